The van der Waals surface area contributed by atoms with Crippen molar-refractivity contribution >= 4 is 40.0 Å². The average Bonchev–Trinajstić information content (AvgIpc) is 3.84. The van der Waals surface area contributed by atoms with E-state index in [1.165, 1.54) is 4.90 Å². The number of nitrogens with one attached hydrogen (secondary N) is 3. The zero-order valence-corrected chi connectivity index (χ0v) is 34.8. The first kappa shape index (κ1) is 42.4. The summed E-state index contributed by atoms with van der Waals surface area (Å²) in [6, 6.07) is 15.4. The van der Waals surface area contributed by atoms with Crippen molar-refractivity contribution < 1.29 is 24.6 Å². The third kappa shape index (κ3) is 10.1. The van der Waals surface area contributed by atoms with Crippen LogP contribution < -0.4 is 16.0 Å². The fourth-order valence-corrected chi connectivity index (χ4v) is 8.56. The van der Waals surface area contributed by atoms with Crippen LogP contribution in [-0.2, 0) is 14.4 Å². The molecule has 1 saturated heterocycles. The summed E-state index contributed by atoms with van der Waals surface area (Å²) in [7, 11) is 0. The van der Waals surface area contributed by atoms with Gasteiger partial charge in [0, 0.05) is 48.9 Å². The lowest BCUT2D eigenvalue weighted by atomic mass is 9.94. The van der Waals surface area contributed by atoms with Gasteiger partial charge in [-0.05, 0) is 86.5 Å². The number of amides is 3. The number of pyridine rings is 2. The normalized spacial score (nSPS) is 17.0. The van der Waals surface area contributed by atoms with Crippen LogP contribution >= 0.6 is 11.3 Å². The Hall–Kier alpha value is -5.24. The Labute approximate surface area is 344 Å². The largest absolute Gasteiger partial charge is 0.505 e. The molecule has 0 saturated carbocycles. The summed E-state index contributed by atoms with van der Waals surface area (Å²) in [6.07, 6.45) is 7.99. The van der Waals surface area contributed by atoms with E-state index in [0.717, 1.165) is 63.0 Å². The van der Waals surface area contributed by atoms with Crippen LogP contribution in [0.15, 0.2) is 78.7 Å². The number of fused-ring (bicyclic) bond motifs is 1. The minimum atomic E-state index is -0.848. The lowest BCUT2D eigenvalue weighted by Crippen LogP contribution is -2.55. The van der Waals surface area contributed by atoms with Gasteiger partial charge in [-0.15, -0.1) is 11.3 Å². The van der Waals surface area contributed by atoms with Crippen molar-refractivity contribution in [3.63, 3.8) is 0 Å². The Bertz CT molecular complexity index is 2180. The Morgan fingerprint density at radius 1 is 0.931 bits per heavy atom. The number of aromatic hydroxyl groups is 1. The molecule has 3 aromatic heterocycles. The number of likely N-dealkylation sites (tertiary alicyclic amines) is 1. The molecule has 5 atom stereocenters. The molecule has 1 aliphatic heterocycles. The number of rotatable bonds is 17. The van der Waals surface area contributed by atoms with Gasteiger partial charge in [0.05, 0.1) is 34.3 Å². The maximum atomic E-state index is 13.9. The van der Waals surface area contributed by atoms with Crippen molar-refractivity contribution in [2.75, 3.05) is 13.1 Å². The number of carbonyl (C=O) groups is 3. The average molecular weight is 806 g/mol. The van der Waals surface area contributed by atoms with Gasteiger partial charge in [-0.2, -0.15) is 0 Å². The van der Waals surface area contributed by atoms with E-state index >= 15 is 0 Å². The highest BCUT2D eigenvalue weighted by molar-refractivity contribution is 7.13. The molecule has 3 amide bonds. The number of thiazole rings is 1. The van der Waals surface area contributed by atoms with Crippen molar-refractivity contribution in [3.8, 4) is 16.2 Å². The number of unbranched alkanes of at least 4 members (excludes halogenated alkanes) is 3. The molecule has 0 bridgehead atoms. The molecule has 5 N–H and O–H groups in total. The maximum absolute atomic E-state index is 13.9. The first-order valence-electron chi connectivity index (χ1n) is 20.2. The molecule has 6 rings (SSSR count). The molecule has 5 aromatic rings. The van der Waals surface area contributed by atoms with Crippen LogP contribution in [-0.4, -0.2) is 79.1 Å². The van der Waals surface area contributed by atoms with Gasteiger partial charge in [-0.3, -0.25) is 24.4 Å². The smallest absolute Gasteiger partial charge is 0.246 e. The van der Waals surface area contributed by atoms with Crippen molar-refractivity contribution in [1.82, 2.24) is 35.8 Å². The minimum Gasteiger partial charge on any atom is -0.505 e. The number of aliphatic hydroxyl groups excluding tert-OH is 1. The fraction of sp³-hybridized carbons (Fsp3) is 0.422. The third-order valence-electron chi connectivity index (χ3n) is 11.0. The number of carbonyl (C=O) groups excluding carboxylic acids is 3. The summed E-state index contributed by atoms with van der Waals surface area (Å²) in [5.74, 6) is -0.992. The van der Waals surface area contributed by atoms with Gasteiger partial charge in [-0.1, -0.05) is 63.1 Å². The second kappa shape index (κ2) is 19.5. The van der Waals surface area contributed by atoms with Crippen LogP contribution in [0.4, 0.5) is 0 Å². The number of hydrogen-bond acceptors (Lipinski definition) is 10. The molecule has 0 spiro atoms. The lowest BCUT2D eigenvalue weighted by molar-refractivity contribution is -0.142. The molecular weight excluding hydrogens is 751 g/mol. The molecule has 4 heterocycles. The van der Waals surface area contributed by atoms with E-state index in [-0.39, 0.29) is 60.9 Å². The van der Waals surface area contributed by atoms with Gasteiger partial charge in [0.25, 0.3) is 0 Å². The topological polar surface area (TPSA) is 170 Å². The van der Waals surface area contributed by atoms with Crippen molar-refractivity contribution in [1.29, 1.82) is 0 Å². The highest BCUT2D eigenvalue weighted by atomic mass is 32.1. The van der Waals surface area contributed by atoms with E-state index in [4.69, 9.17) is 0 Å². The number of nitrogens with zero attached hydrogens (tertiary/aromatic N) is 4. The zero-order chi connectivity index (χ0) is 41.3. The molecule has 58 heavy (non-hydrogen) atoms. The van der Waals surface area contributed by atoms with Gasteiger partial charge in [0.1, 0.15) is 23.3 Å². The summed E-state index contributed by atoms with van der Waals surface area (Å²) in [5, 5.41) is 32.3. The summed E-state index contributed by atoms with van der Waals surface area (Å²) >= 11 is 1.58. The Morgan fingerprint density at radius 2 is 1.69 bits per heavy atom. The molecule has 2 aromatic carbocycles. The van der Waals surface area contributed by atoms with E-state index in [2.05, 4.69) is 30.9 Å². The van der Waals surface area contributed by atoms with E-state index < -0.39 is 18.2 Å². The molecule has 306 valence electrons. The van der Waals surface area contributed by atoms with Gasteiger partial charge < -0.3 is 31.1 Å². The van der Waals surface area contributed by atoms with Gasteiger partial charge in [0.2, 0.25) is 17.7 Å². The molecule has 0 radical (unpaired) electrons. The first-order chi connectivity index (χ1) is 27.9. The molecule has 1 aliphatic rings. The number of benzene rings is 2. The van der Waals surface area contributed by atoms with Gasteiger partial charge in [-0.25, -0.2) is 4.98 Å². The van der Waals surface area contributed by atoms with Gasteiger partial charge >= 0.3 is 0 Å². The minimum absolute atomic E-state index is 0.0277. The van der Waals surface area contributed by atoms with Crippen molar-refractivity contribution in [2.24, 2.45) is 5.92 Å². The number of phenolic OH excluding ortho intramolecular Hbond substituents is 1. The highest BCUT2D eigenvalue weighted by Crippen LogP contribution is 2.36. The fourth-order valence-electron chi connectivity index (χ4n) is 7.75. The van der Waals surface area contributed by atoms with Crippen molar-refractivity contribution in [3.05, 3.63) is 107 Å². The third-order valence-corrected chi connectivity index (χ3v) is 12.0. The highest BCUT2D eigenvalue weighted by Gasteiger charge is 2.42. The number of β-amino-alcohol motifs (C(OH)–C–C–N with tert-alkyl or cyclic N) is 1. The summed E-state index contributed by atoms with van der Waals surface area (Å²) in [4.78, 5) is 56.3. The van der Waals surface area contributed by atoms with Crippen LogP contribution in [0.5, 0.6) is 5.75 Å². The summed E-state index contributed by atoms with van der Waals surface area (Å²) < 4.78 is 0. The maximum Gasteiger partial charge on any atom is 0.246 e. The van der Waals surface area contributed by atoms with Crippen LogP contribution in [0.2, 0.25) is 0 Å². The monoisotopic (exact) mass is 805 g/mol. The summed E-state index contributed by atoms with van der Waals surface area (Å²) in [6.45, 7) is 10.3. The van der Waals surface area contributed by atoms with Crippen LogP contribution in [0.1, 0.15) is 99.3 Å². The standard InChI is InChI=1S/C45H55N7O5S/c1-27(2)39(45(57)52-25-34(53)23-37(52)44(56)50-29(4)31-15-17-32(18-16-31)43-30(5)49-26-58-43)51-38(54)14-8-6-7-9-20-47-40(33-12-10-19-46-24-33)36-22-28(3)35-13-11-21-48-41(35)42(36)55/h10-13,15-19,21-22,24,26-27,29,34,37,39-40,47,53,55H,6-9,14,20,23,25H2,1-5H3,(H,50,56)(H,51,54)/t29-,34+,37-,39-,40?/m0/s1. The predicted molar refractivity (Wildman–Crippen MR) is 227 cm³/mol. The van der Waals surface area contributed by atoms with E-state index in [1.807, 2.05) is 94.7 Å². The Kier molecular flexibility index (Phi) is 14.2. The number of aromatic nitrogens is 3. The number of aliphatic hydroxyl groups is 1. The number of phenols is 1. The van der Waals surface area contributed by atoms with E-state index in [0.29, 0.717) is 18.5 Å². The molecule has 13 heteroatoms. The van der Waals surface area contributed by atoms with Crippen LogP contribution in [0.25, 0.3) is 21.3 Å². The Morgan fingerprint density at radius 3 is 2.40 bits per heavy atom. The van der Waals surface area contributed by atoms with Crippen LogP contribution in [0, 0.1) is 19.8 Å². The number of hydrogen-bond donors (Lipinski definition) is 5. The Balaban J connectivity index is 0.975. The zero-order valence-electron chi connectivity index (χ0n) is 33.9. The predicted octanol–water partition coefficient (Wildman–Crippen LogP) is 6.69. The summed E-state index contributed by atoms with van der Waals surface area (Å²) in [5.41, 5.74) is 8.06. The molecule has 12 nitrogen and oxygen atoms in total. The molecule has 1 unspecified atom stereocenters. The second-order valence-electron chi connectivity index (χ2n) is 15.7. The SMILES string of the molecule is Cc1ncsc1-c1ccc([C@H](C)NC(=O)[C@@H]2C[C@@H](O)CN2C(=O)[C@@H](NC(=O)CCCCCCNC(c2cccnc2)c2cc(C)c3cccnc3c2O)C(C)C)cc1. The molecule has 1 fully saturated rings. The lowest BCUT2D eigenvalue weighted by Gasteiger charge is -2.31. The second-order valence-corrected chi connectivity index (χ2v) is 16.5. The first-order valence-corrected chi connectivity index (χ1v) is 21.1. The quantitative estimate of drug-likeness (QED) is 0.0644. The van der Waals surface area contributed by atoms with Crippen LogP contribution in [0.3, 0.4) is 0 Å². The van der Waals surface area contributed by atoms with Gasteiger partial charge in [0.15, 0.2) is 0 Å². The van der Waals surface area contributed by atoms with Crippen molar-refractivity contribution in [2.45, 2.75) is 103 Å². The van der Waals surface area contributed by atoms with E-state index in [1.54, 1.807) is 29.9 Å². The number of aryl methyl sites for hydroxylation is 2. The molecular formula is C45H55N7O5S. The van der Waals surface area contributed by atoms with E-state index in [9.17, 15) is 24.6 Å². The molecule has 0 aliphatic carbocycles.